The van der Waals surface area contributed by atoms with Gasteiger partial charge < -0.3 is 15.4 Å². The molecule has 2 N–H and O–H groups in total. The molecule has 0 aliphatic carbocycles. The molecule has 3 rings (SSSR count). The summed E-state index contributed by atoms with van der Waals surface area (Å²) in [5, 5.41) is 0. The van der Waals surface area contributed by atoms with Gasteiger partial charge in [-0.3, -0.25) is 4.79 Å². The molecule has 1 fully saturated rings. The fourth-order valence-electron chi connectivity index (χ4n) is 2.54. The Morgan fingerprint density at radius 2 is 2.22 bits per heavy atom. The first-order chi connectivity index (χ1) is 10.7. The summed E-state index contributed by atoms with van der Waals surface area (Å²) < 4.78 is 5.11. The van der Waals surface area contributed by atoms with Gasteiger partial charge >= 0.3 is 0 Å². The van der Waals surface area contributed by atoms with Gasteiger partial charge in [-0.25, -0.2) is 4.98 Å². The number of nitrogens with zero attached hydrogens (tertiary/aromatic N) is 3. The first kappa shape index (κ1) is 17.2. The van der Waals surface area contributed by atoms with Crippen LogP contribution in [0.3, 0.4) is 0 Å². The summed E-state index contributed by atoms with van der Waals surface area (Å²) in [6, 6.07) is 9.08. The van der Waals surface area contributed by atoms with E-state index in [9.17, 15) is 4.79 Å². The number of methoxy groups -OCH3 is 1. The van der Waals surface area contributed by atoms with E-state index in [1.165, 1.54) is 0 Å². The maximum Gasteiger partial charge on any atom is 0.253 e. The highest BCUT2D eigenvalue weighted by molar-refractivity contribution is 5.95. The van der Waals surface area contributed by atoms with Gasteiger partial charge in [-0.2, -0.15) is 4.98 Å². The first-order valence-electron chi connectivity index (χ1n) is 7.19. The quantitative estimate of drug-likeness (QED) is 0.924. The SMILES string of the molecule is COc1ccnc(-c2cccc(C(=O)N3CCC(N)C3)c2)n1.Cl. The molecule has 2 heterocycles. The van der Waals surface area contributed by atoms with Crippen molar-refractivity contribution in [3.63, 3.8) is 0 Å². The van der Waals surface area contributed by atoms with Crippen molar-refractivity contribution >= 4 is 18.3 Å². The third kappa shape index (κ3) is 3.78. The largest absolute Gasteiger partial charge is 0.481 e. The summed E-state index contributed by atoms with van der Waals surface area (Å²) in [6.45, 7) is 1.32. The second kappa shape index (κ2) is 7.39. The van der Waals surface area contributed by atoms with Crippen molar-refractivity contribution in [2.75, 3.05) is 20.2 Å². The number of nitrogens with two attached hydrogens (primary N) is 1. The zero-order valence-electron chi connectivity index (χ0n) is 12.8. The minimum absolute atomic E-state index is 0. The molecule has 1 saturated heterocycles. The van der Waals surface area contributed by atoms with Gasteiger partial charge in [0.2, 0.25) is 5.88 Å². The number of benzene rings is 1. The Kier molecular flexibility index (Phi) is 5.52. The van der Waals surface area contributed by atoms with Crippen molar-refractivity contribution in [3.05, 3.63) is 42.1 Å². The van der Waals surface area contributed by atoms with Crippen molar-refractivity contribution in [3.8, 4) is 17.3 Å². The van der Waals surface area contributed by atoms with E-state index in [-0.39, 0.29) is 24.4 Å². The van der Waals surface area contributed by atoms with Crippen molar-refractivity contribution in [2.24, 2.45) is 5.73 Å². The Balaban J connectivity index is 0.00000192. The lowest BCUT2D eigenvalue weighted by Crippen LogP contribution is -2.31. The van der Waals surface area contributed by atoms with Crippen LogP contribution in [0.5, 0.6) is 5.88 Å². The van der Waals surface area contributed by atoms with Gasteiger partial charge in [0.25, 0.3) is 5.91 Å². The number of carbonyl (C=O) groups is 1. The fourth-order valence-corrected chi connectivity index (χ4v) is 2.54. The molecule has 2 aromatic rings. The van der Waals surface area contributed by atoms with Crippen LogP contribution in [-0.2, 0) is 0 Å². The number of carbonyl (C=O) groups excluding carboxylic acids is 1. The molecule has 1 aromatic heterocycles. The lowest BCUT2D eigenvalue weighted by Gasteiger charge is -2.16. The van der Waals surface area contributed by atoms with E-state index in [1.54, 1.807) is 36.4 Å². The summed E-state index contributed by atoms with van der Waals surface area (Å²) in [6.07, 6.45) is 2.49. The van der Waals surface area contributed by atoms with Crippen LogP contribution in [0.1, 0.15) is 16.8 Å². The first-order valence-corrected chi connectivity index (χ1v) is 7.19. The zero-order valence-corrected chi connectivity index (χ0v) is 13.6. The second-order valence-corrected chi connectivity index (χ2v) is 5.30. The van der Waals surface area contributed by atoms with Crippen molar-refractivity contribution in [1.29, 1.82) is 0 Å². The van der Waals surface area contributed by atoms with E-state index < -0.39 is 0 Å². The highest BCUT2D eigenvalue weighted by atomic mass is 35.5. The van der Waals surface area contributed by atoms with Crippen molar-refractivity contribution < 1.29 is 9.53 Å². The van der Waals surface area contributed by atoms with Gasteiger partial charge in [-0.1, -0.05) is 12.1 Å². The fraction of sp³-hybridized carbons (Fsp3) is 0.312. The molecule has 7 heteroatoms. The molecule has 0 spiro atoms. The summed E-state index contributed by atoms with van der Waals surface area (Å²) in [5.74, 6) is 1.03. The molecular formula is C16H19ClN4O2. The van der Waals surface area contributed by atoms with Gasteiger partial charge in [-0.05, 0) is 18.6 Å². The van der Waals surface area contributed by atoms with Crippen molar-refractivity contribution in [2.45, 2.75) is 12.5 Å². The number of halogens is 1. The predicted octanol–water partition coefficient (Wildman–Crippen LogP) is 1.75. The molecular weight excluding hydrogens is 316 g/mol. The molecule has 0 bridgehead atoms. The maximum atomic E-state index is 12.5. The summed E-state index contributed by atoms with van der Waals surface area (Å²) in [5.41, 5.74) is 7.27. The van der Waals surface area contributed by atoms with Gasteiger partial charge in [0.05, 0.1) is 7.11 Å². The Labute approximate surface area is 141 Å². The number of hydrogen-bond donors (Lipinski definition) is 1. The van der Waals surface area contributed by atoms with Crippen LogP contribution in [0.4, 0.5) is 0 Å². The van der Waals surface area contributed by atoms with E-state index in [2.05, 4.69) is 9.97 Å². The van der Waals surface area contributed by atoms with E-state index in [1.807, 2.05) is 12.1 Å². The average Bonchev–Trinajstić information content (AvgIpc) is 3.01. The highest BCUT2D eigenvalue weighted by Crippen LogP contribution is 2.20. The third-order valence-electron chi connectivity index (χ3n) is 3.72. The summed E-state index contributed by atoms with van der Waals surface area (Å²) in [7, 11) is 1.56. The molecule has 6 nitrogen and oxygen atoms in total. The Bertz CT molecular complexity index is 695. The van der Waals surface area contributed by atoms with Crippen LogP contribution in [0.2, 0.25) is 0 Å². The molecule has 1 aliphatic heterocycles. The number of ether oxygens (including phenoxy) is 1. The second-order valence-electron chi connectivity index (χ2n) is 5.30. The van der Waals surface area contributed by atoms with E-state index in [0.717, 1.165) is 12.0 Å². The topological polar surface area (TPSA) is 81.3 Å². The molecule has 1 aromatic carbocycles. The maximum absolute atomic E-state index is 12.5. The van der Waals surface area contributed by atoms with Crippen LogP contribution < -0.4 is 10.5 Å². The Hall–Kier alpha value is -2.18. The predicted molar refractivity (Wildman–Crippen MR) is 89.8 cm³/mol. The molecule has 1 amide bonds. The third-order valence-corrected chi connectivity index (χ3v) is 3.72. The van der Waals surface area contributed by atoms with Gasteiger partial charge in [0.1, 0.15) is 0 Å². The average molecular weight is 335 g/mol. The Morgan fingerprint density at radius 3 is 2.91 bits per heavy atom. The van der Waals surface area contributed by atoms with E-state index in [0.29, 0.717) is 30.4 Å². The van der Waals surface area contributed by atoms with Gasteiger partial charge in [0.15, 0.2) is 5.82 Å². The lowest BCUT2D eigenvalue weighted by atomic mass is 10.1. The number of hydrogen-bond acceptors (Lipinski definition) is 5. The molecule has 122 valence electrons. The number of likely N-dealkylation sites (tertiary alicyclic amines) is 1. The smallest absolute Gasteiger partial charge is 0.253 e. The minimum Gasteiger partial charge on any atom is -0.481 e. The molecule has 0 saturated carbocycles. The molecule has 1 atom stereocenters. The van der Waals surface area contributed by atoms with E-state index in [4.69, 9.17) is 10.5 Å². The van der Waals surface area contributed by atoms with Gasteiger partial charge in [0, 0.05) is 42.5 Å². The summed E-state index contributed by atoms with van der Waals surface area (Å²) >= 11 is 0. The van der Waals surface area contributed by atoms with Gasteiger partial charge in [-0.15, -0.1) is 12.4 Å². The number of rotatable bonds is 3. The number of aromatic nitrogens is 2. The normalized spacial score (nSPS) is 16.8. The number of amides is 1. The monoisotopic (exact) mass is 334 g/mol. The highest BCUT2D eigenvalue weighted by Gasteiger charge is 2.24. The molecule has 1 aliphatic rings. The van der Waals surface area contributed by atoms with Crippen molar-refractivity contribution in [1.82, 2.24) is 14.9 Å². The molecule has 23 heavy (non-hydrogen) atoms. The zero-order chi connectivity index (χ0) is 15.5. The molecule has 0 radical (unpaired) electrons. The summed E-state index contributed by atoms with van der Waals surface area (Å²) in [4.78, 5) is 22.8. The van der Waals surface area contributed by atoms with Crippen LogP contribution >= 0.6 is 12.4 Å². The van der Waals surface area contributed by atoms with Crippen LogP contribution in [0, 0.1) is 0 Å². The Morgan fingerprint density at radius 1 is 1.39 bits per heavy atom. The standard InChI is InChI=1S/C16H18N4O2.ClH/c1-22-14-5-7-18-15(19-14)11-3-2-4-12(9-11)16(21)20-8-6-13(17)10-20;/h2-5,7,9,13H,6,8,10,17H2,1H3;1H. The van der Waals surface area contributed by atoms with Crippen LogP contribution in [-0.4, -0.2) is 47.0 Å². The minimum atomic E-state index is -0.00213. The lowest BCUT2D eigenvalue weighted by molar-refractivity contribution is 0.0791. The van der Waals surface area contributed by atoms with E-state index >= 15 is 0 Å². The van der Waals surface area contributed by atoms with Crippen LogP contribution in [0.15, 0.2) is 36.5 Å². The molecule has 1 unspecified atom stereocenters. The van der Waals surface area contributed by atoms with Crippen LogP contribution in [0.25, 0.3) is 11.4 Å².